The third-order valence-electron chi connectivity index (χ3n) is 3.75. The zero-order valence-corrected chi connectivity index (χ0v) is 17.1. The van der Waals surface area contributed by atoms with Crippen molar-refractivity contribution < 1.29 is 14.3 Å². The van der Waals surface area contributed by atoms with E-state index in [1.54, 1.807) is 12.3 Å². The summed E-state index contributed by atoms with van der Waals surface area (Å²) >= 11 is 3.37. The summed E-state index contributed by atoms with van der Waals surface area (Å²) in [6.45, 7) is 2.82. The van der Waals surface area contributed by atoms with Gasteiger partial charge in [0.25, 0.3) is 5.91 Å². The molecule has 0 heterocycles. The number of nitrogens with one attached hydrogen (secondary N) is 1. The minimum atomic E-state index is -0.325. The molecule has 0 aromatic heterocycles. The number of carbonyl (C=O) groups is 1. The van der Waals surface area contributed by atoms with Crippen LogP contribution in [-0.4, -0.2) is 25.3 Å². The Bertz CT molecular complexity index is 732. The van der Waals surface area contributed by atoms with Crippen LogP contribution in [0.1, 0.15) is 38.2 Å². The van der Waals surface area contributed by atoms with Gasteiger partial charge in [-0.2, -0.15) is 5.10 Å². The van der Waals surface area contributed by atoms with Gasteiger partial charge in [0.2, 0.25) is 0 Å². The molecule has 0 saturated heterocycles. The lowest BCUT2D eigenvalue weighted by molar-refractivity contribution is -0.123. The molecule has 0 fully saturated rings. The highest BCUT2D eigenvalue weighted by atomic mass is 79.9. The van der Waals surface area contributed by atoms with Crippen LogP contribution in [0.2, 0.25) is 0 Å². The fourth-order valence-corrected chi connectivity index (χ4v) is 2.68. The SMILES string of the molecule is CCCCCCOc1ccc(/C=N/NC(=O)COc2ccccc2Br)cc1. The average molecular weight is 433 g/mol. The minimum Gasteiger partial charge on any atom is -0.494 e. The smallest absolute Gasteiger partial charge is 0.277 e. The van der Waals surface area contributed by atoms with E-state index in [1.165, 1.54) is 19.3 Å². The topological polar surface area (TPSA) is 59.9 Å². The first-order valence-electron chi connectivity index (χ1n) is 9.11. The number of para-hydroxylation sites is 1. The molecule has 0 saturated carbocycles. The van der Waals surface area contributed by atoms with Crippen LogP contribution in [0.5, 0.6) is 11.5 Å². The molecule has 0 unspecified atom stereocenters. The predicted octanol–water partition coefficient (Wildman–Crippen LogP) is 4.94. The molecule has 0 bridgehead atoms. The molecule has 5 nitrogen and oxygen atoms in total. The van der Waals surface area contributed by atoms with Gasteiger partial charge < -0.3 is 9.47 Å². The van der Waals surface area contributed by atoms with Crippen LogP contribution in [0, 0.1) is 0 Å². The van der Waals surface area contributed by atoms with Crippen molar-refractivity contribution in [1.29, 1.82) is 0 Å². The average Bonchev–Trinajstić information content (AvgIpc) is 2.68. The molecule has 0 spiro atoms. The molecule has 0 aliphatic rings. The highest BCUT2D eigenvalue weighted by Crippen LogP contribution is 2.23. The van der Waals surface area contributed by atoms with E-state index in [1.807, 2.05) is 42.5 Å². The van der Waals surface area contributed by atoms with E-state index < -0.39 is 0 Å². The van der Waals surface area contributed by atoms with Crippen LogP contribution in [0.4, 0.5) is 0 Å². The number of hydrogen-bond acceptors (Lipinski definition) is 4. The first kappa shape index (κ1) is 21.0. The number of hydrazone groups is 1. The predicted molar refractivity (Wildman–Crippen MR) is 111 cm³/mol. The summed E-state index contributed by atoms with van der Waals surface area (Å²) in [5.74, 6) is 1.13. The van der Waals surface area contributed by atoms with Gasteiger partial charge in [-0.1, -0.05) is 38.3 Å². The van der Waals surface area contributed by atoms with E-state index >= 15 is 0 Å². The lowest BCUT2D eigenvalue weighted by Crippen LogP contribution is -2.24. The molecule has 1 amide bonds. The Labute approximate surface area is 168 Å². The summed E-state index contributed by atoms with van der Waals surface area (Å²) in [7, 11) is 0. The Hall–Kier alpha value is -2.34. The maximum Gasteiger partial charge on any atom is 0.277 e. The summed E-state index contributed by atoms with van der Waals surface area (Å²) in [6.07, 6.45) is 6.33. The second-order valence-corrected chi connectivity index (χ2v) is 6.84. The molecule has 2 aromatic rings. The van der Waals surface area contributed by atoms with E-state index in [4.69, 9.17) is 9.47 Å². The van der Waals surface area contributed by atoms with Gasteiger partial charge in [-0.25, -0.2) is 5.43 Å². The lowest BCUT2D eigenvalue weighted by atomic mass is 10.2. The van der Waals surface area contributed by atoms with Crippen LogP contribution >= 0.6 is 15.9 Å². The van der Waals surface area contributed by atoms with Crippen molar-refractivity contribution in [2.75, 3.05) is 13.2 Å². The standard InChI is InChI=1S/C21H25BrN2O3/c1-2-3-4-7-14-26-18-12-10-17(11-13-18)15-23-24-21(25)16-27-20-9-6-5-8-19(20)22/h5-6,8-13,15H,2-4,7,14,16H2,1H3,(H,24,25)/b23-15+. The molecule has 0 radical (unpaired) electrons. The Morgan fingerprint density at radius 1 is 1.07 bits per heavy atom. The molecule has 2 aromatic carbocycles. The van der Waals surface area contributed by atoms with Crippen molar-refractivity contribution in [1.82, 2.24) is 5.43 Å². The van der Waals surface area contributed by atoms with Crippen LogP contribution in [0.25, 0.3) is 0 Å². The van der Waals surface area contributed by atoms with Crippen LogP contribution in [-0.2, 0) is 4.79 Å². The molecule has 0 aliphatic heterocycles. The summed E-state index contributed by atoms with van der Waals surface area (Å²) in [5, 5.41) is 3.94. The quantitative estimate of drug-likeness (QED) is 0.310. The molecule has 1 N–H and O–H groups in total. The summed E-state index contributed by atoms with van der Waals surface area (Å²) < 4.78 is 11.9. The zero-order valence-electron chi connectivity index (χ0n) is 15.5. The Morgan fingerprint density at radius 2 is 1.85 bits per heavy atom. The first-order chi connectivity index (χ1) is 13.2. The van der Waals surface area contributed by atoms with Gasteiger partial charge in [-0.05, 0) is 64.3 Å². The fraction of sp³-hybridized carbons (Fsp3) is 0.333. The molecule has 27 heavy (non-hydrogen) atoms. The highest BCUT2D eigenvalue weighted by molar-refractivity contribution is 9.10. The van der Waals surface area contributed by atoms with E-state index in [0.717, 1.165) is 28.8 Å². The first-order valence-corrected chi connectivity index (χ1v) is 9.90. The number of carbonyl (C=O) groups excluding carboxylic acids is 1. The molecular weight excluding hydrogens is 408 g/mol. The normalized spacial score (nSPS) is 10.7. The lowest BCUT2D eigenvalue weighted by Gasteiger charge is -2.07. The number of nitrogens with zero attached hydrogens (tertiary/aromatic N) is 1. The zero-order chi connectivity index (χ0) is 19.3. The van der Waals surface area contributed by atoms with Gasteiger partial charge >= 0.3 is 0 Å². The van der Waals surface area contributed by atoms with Crippen LogP contribution < -0.4 is 14.9 Å². The largest absolute Gasteiger partial charge is 0.494 e. The number of amides is 1. The van der Waals surface area contributed by atoms with E-state index in [0.29, 0.717) is 5.75 Å². The van der Waals surface area contributed by atoms with Gasteiger partial charge in [0, 0.05) is 0 Å². The van der Waals surface area contributed by atoms with Gasteiger partial charge in [-0.15, -0.1) is 0 Å². The van der Waals surface area contributed by atoms with Gasteiger partial charge in [0.15, 0.2) is 6.61 Å². The Morgan fingerprint density at radius 3 is 2.59 bits per heavy atom. The van der Waals surface area contributed by atoms with Crippen molar-refractivity contribution in [3.05, 3.63) is 58.6 Å². The summed E-state index contributed by atoms with van der Waals surface area (Å²) in [4.78, 5) is 11.8. The van der Waals surface area contributed by atoms with Crippen molar-refractivity contribution in [2.45, 2.75) is 32.6 Å². The maximum absolute atomic E-state index is 11.8. The number of benzene rings is 2. The number of hydrogen-bond donors (Lipinski definition) is 1. The van der Waals surface area contributed by atoms with Gasteiger partial charge in [-0.3, -0.25) is 4.79 Å². The summed E-state index contributed by atoms with van der Waals surface area (Å²) in [6, 6.07) is 15.0. The highest BCUT2D eigenvalue weighted by Gasteiger charge is 2.03. The van der Waals surface area contributed by atoms with Gasteiger partial charge in [0.1, 0.15) is 11.5 Å². The third-order valence-corrected chi connectivity index (χ3v) is 4.40. The molecule has 6 heteroatoms. The van der Waals surface area contributed by atoms with Crippen LogP contribution in [0.3, 0.4) is 0 Å². The molecule has 0 atom stereocenters. The number of ether oxygens (including phenoxy) is 2. The third kappa shape index (κ3) is 8.26. The van der Waals surface area contributed by atoms with E-state index in [9.17, 15) is 4.79 Å². The van der Waals surface area contributed by atoms with Crippen molar-refractivity contribution in [2.24, 2.45) is 5.10 Å². The van der Waals surface area contributed by atoms with E-state index in [-0.39, 0.29) is 12.5 Å². The second kappa shape index (κ2) is 12.1. The van der Waals surface area contributed by atoms with Crippen molar-refractivity contribution in [3.63, 3.8) is 0 Å². The van der Waals surface area contributed by atoms with Crippen LogP contribution in [0.15, 0.2) is 58.1 Å². The molecule has 2 rings (SSSR count). The summed E-state index contributed by atoms with van der Waals surface area (Å²) in [5.41, 5.74) is 3.32. The number of unbranched alkanes of at least 4 members (excludes halogenated alkanes) is 3. The number of rotatable bonds is 11. The maximum atomic E-state index is 11.8. The Balaban J connectivity index is 1.69. The second-order valence-electron chi connectivity index (χ2n) is 5.99. The molecular formula is C21H25BrN2O3. The Kier molecular flexibility index (Phi) is 9.41. The molecule has 144 valence electrons. The molecule has 0 aliphatic carbocycles. The fourth-order valence-electron chi connectivity index (χ4n) is 2.29. The van der Waals surface area contributed by atoms with Crippen molar-refractivity contribution in [3.8, 4) is 11.5 Å². The van der Waals surface area contributed by atoms with Gasteiger partial charge in [0.05, 0.1) is 17.3 Å². The minimum absolute atomic E-state index is 0.106. The number of halogens is 1. The van der Waals surface area contributed by atoms with E-state index in [2.05, 4.69) is 33.4 Å². The monoisotopic (exact) mass is 432 g/mol. The van der Waals surface area contributed by atoms with Crippen molar-refractivity contribution >= 4 is 28.1 Å².